The minimum absolute atomic E-state index is 0.00436. The highest BCUT2D eigenvalue weighted by molar-refractivity contribution is 7.88. The molecule has 1 fully saturated rings. The zero-order chi connectivity index (χ0) is 35.3. The third-order valence-corrected chi connectivity index (χ3v) is 9.90. The van der Waals surface area contributed by atoms with Gasteiger partial charge < -0.3 is 9.80 Å². The molecule has 15 heteroatoms. The van der Waals surface area contributed by atoms with Crippen molar-refractivity contribution in [3.8, 4) is 11.1 Å². The Balaban J connectivity index is 1.79. The van der Waals surface area contributed by atoms with Crippen LogP contribution in [0.15, 0.2) is 48.7 Å². The summed E-state index contributed by atoms with van der Waals surface area (Å²) in [5.41, 5.74) is -3.88. The maximum Gasteiger partial charge on any atom is 0.416 e. The van der Waals surface area contributed by atoms with E-state index in [4.69, 9.17) is 0 Å². The number of nitrogens with zero attached hydrogens (tertiary/aromatic N) is 4. The second-order valence-corrected chi connectivity index (χ2v) is 14.1. The average molecular weight is 689 g/mol. The number of anilines is 2. The third kappa shape index (κ3) is 7.56. The lowest BCUT2D eigenvalue weighted by atomic mass is 9.81. The molecule has 4 rings (SSSR count). The SMILES string of the molecule is CCN(C1CCN(c2cc(-c3ccc(F)cc3C)c(N(C)C(=O)C(C)(C)c3cc(C(F)(F)F)cc(C(F)(F)F)c3)cn2)C1)S(C)(=O)=O. The van der Waals surface area contributed by atoms with Crippen LogP contribution in [0.25, 0.3) is 11.1 Å². The highest BCUT2D eigenvalue weighted by Gasteiger charge is 2.41. The molecule has 0 bridgehead atoms. The predicted molar refractivity (Wildman–Crippen MR) is 165 cm³/mol. The Morgan fingerprint density at radius 1 is 0.957 bits per heavy atom. The van der Waals surface area contributed by atoms with Crippen LogP contribution in [-0.2, 0) is 32.6 Å². The lowest BCUT2D eigenvalue weighted by Crippen LogP contribution is -2.42. The van der Waals surface area contributed by atoms with Gasteiger partial charge in [0.05, 0.1) is 34.7 Å². The monoisotopic (exact) mass is 688 g/mol. The van der Waals surface area contributed by atoms with E-state index in [9.17, 15) is 43.9 Å². The standard InChI is InChI=1S/C32H35F7N4O3S/c1-7-43(47(6,45)46)24-10-11-42(18-24)28-16-26(25-9-8-23(33)12-19(25)2)27(17-40-28)41(5)29(44)30(3,4)20-13-21(31(34,35)36)15-22(14-20)32(37,38)39/h8-9,12-17,24H,7,10-11,18H2,1-6H3. The number of aromatic nitrogens is 1. The molecule has 1 aliphatic rings. The van der Waals surface area contributed by atoms with Gasteiger partial charge in [0.25, 0.3) is 0 Å². The minimum Gasteiger partial charge on any atom is -0.355 e. The van der Waals surface area contributed by atoms with Crippen molar-refractivity contribution in [3.05, 3.63) is 76.7 Å². The number of hydrogen-bond donors (Lipinski definition) is 0. The van der Waals surface area contributed by atoms with Crippen molar-refractivity contribution in [3.63, 3.8) is 0 Å². The number of likely N-dealkylation sites (N-methyl/N-ethyl adjacent to an activating group) is 2. The Hall–Kier alpha value is -3.72. The zero-order valence-electron chi connectivity index (χ0n) is 26.6. The molecule has 2 heterocycles. The average Bonchev–Trinajstić information content (AvgIpc) is 3.44. The fourth-order valence-corrected chi connectivity index (χ4v) is 7.12. The Labute approximate surface area is 269 Å². The fourth-order valence-electron chi connectivity index (χ4n) is 5.94. The molecule has 1 aromatic heterocycles. The van der Waals surface area contributed by atoms with E-state index in [0.717, 1.165) is 11.2 Å². The van der Waals surface area contributed by atoms with Crippen molar-refractivity contribution in [2.24, 2.45) is 0 Å². The number of pyridine rings is 1. The Kier molecular flexibility index (Phi) is 9.77. The number of carbonyl (C=O) groups excluding carboxylic acids is 1. The third-order valence-electron chi connectivity index (χ3n) is 8.49. The lowest BCUT2D eigenvalue weighted by molar-refractivity contribution is -0.143. The molecule has 0 radical (unpaired) electrons. The molecule has 1 aliphatic heterocycles. The molecule has 0 N–H and O–H groups in total. The van der Waals surface area contributed by atoms with Crippen molar-refractivity contribution < 1.29 is 43.9 Å². The Morgan fingerprint density at radius 3 is 2.04 bits per heavy atom. The largest absolute Gasteiger partial charge is 0.416 e. The number of hydrogen-bond acceptors (Lipinski definition) is 5. The summed E-state index contributed by atoms with van der Waals surface area (Å²) in [6, 6.07) is 6.41. The van der Waals surface area contributed by atoms with Crippen LogP contribution in [0.3, 0.4) is 0 Å². The molecular formula is C32H35F7N4O3S. The number of alkyl halides is 6. The first-order chi connectivity index (χ1) is 21.5. The van der Waals surface area contributed by atoms with Gasteiger partial charge in [-0.2, -0.15) is 30.6 Å². The summed E-state index contributed by atoms with van der Waals surface area (Å²) in [5.74, 6) is -0.902. The van der Waals surface area contributed by atoms with Crippen molar-refractivity contribution in [2.45, 2.75) is 57.9 Å². The van der Waals surface area contributed by atoms with Crippen LogP contribution < -0.4 is 9.80 Å². The summed E-state index contributed by atoms with van der Waals surface area (Å²) in [4.78, 5) is 21.5. The van der Waals surface area contributed by atoms with Crippen LogP contribution in [0, 0.1) is 12.7 Å². The van der Waals surface area contributed by atoms with E-state index in [0.29, 0.717) is 54.2 Å². The van der Waals surface area contributed by atoms with E-state index >= 15 is 0 Å². The normalized spacial score (nSPS) is 16.2. The van der Waals surface area contributed by atoms with Crippen molar-refractivity contribution >= 4 is 27.4 Å². The first-order valence-electron chi connectivity index (χ1n) is 14.6. The smallest absolute Gasteiger partial charge is 0.355 e. The molecule has 256 valence electrons. The van der Waals surface area contributed by atoms with E-state index in [1.807, 2.05) is 4.90 Å². The van der Waals surface area contributed by atoms with E-state index in [1.54, 1.807) is 19.9 Å². The predicted octanol–water partition coefficient (Wildman–Crippen LogP) is 7.03. The molecular weight excluding hydrogens is 653 g/mol. The van der Waals surface area contributed by atoms with Crippen LogP contribution in [0.1, 0.15) is 49.4 Å². The Morgan fingerprint density at radius 2 is 1.53 bits per heavy atom. The van der Waals surface area contributed by atoms with Gasteiger partial charge in [0.2, 0.25) is 15.9 Å². The molecule has 7 nitrogen and oxygen atoms in total. The van der Waals surface area contributed by atoms with Crippen LogP contribution in [0.4, 0.5) is 42.2 Å². The summed E-state index contributed by atoms with van der Waals surface area (Å²) in [5, 5.41) is 0. The number of aryl methyl sites for hydroxylation is 1. The first kappa shape index (κ1) is 36.1. The number of benzene rings is 2. The molecule has 1 unspecified atom stereocenters. The number of rotatable bonds is 8. The molecule has 1 saturated heterocycles. The van der Waals surface area contributed by atoms with Crippen LogP contribution in [-0.4, -0.2) is 62.6 Å². The van der Waals surface area contributed by atoms with Crippen LogP contribution in [0.5, 0.6) is 0 Å². The summed E-state index contributed by atoms with van der Waals surface area (Å²) >= 11 is 0. The van der Waals surface area contributed by atoms with E-state index in [2.05, 4.69) is 4.98 Å². The van der Waals surface area contributed by atoms with Gasteiger partial charge in [-0.05, 0) is 80.3 Å². The number of amides is 1. The zero-order valence-corrected chi connectivity index (χ0v) is 27.4. The van der Waals surface area contributed by atoms with Gasteiger partial charge in [-0.15, -0.1) is 0 Å². The van der Waals surface area contributed by atoms with E-state index in [-0.39, 0.29) is 24.3 Å². The van der Waals surface area contributed by atoms with Gasteiger partial charge in [0.15, 0.2) is 0 Å². The molecule has 47 heavy (non-hydrogen) atoms. The molecule has 0 spiro atoms. The number of halogens is 7. The summed E-state index contributed by atoms with van der Waals surface area (Å²) in [7, 11) is -2.14. The van der Waals surface area contributed by atoms with E-state index < -0.39 is 56.2 Å². The van der Waals surface area contributed by atoms with Gasteiger partial charge in [0, 0.05) is 38.3 Å². The molecule has 1 amide bonds. The summed E-state index contributed by atoms with van der Waals surface area (Å²) in [6.07, 6.45) is -7.18. The Bertz CT molecular complexity index is 1740. The van der Waals surface area contributed by atoms with Gasteiger partial charge in [0.1, 0.15) is 11.6 Å². The lowest BCUT2D eigenvalue weighted by Gasteiger charge is -2.32. The molecule has 0 aliphatic carbocycles. The van der Waals surface area contributed by atoms with Crippen LogP contribution >= 0.6 is 0 Å². The van der Waals surface area contributed by atoms with Gasteiger partial charge in [-0.25, -0.2) is 17.8 Å². The number of carbonyl (C=O) groups is 1. The quantitative estimate of drug-likeness (QED) is 0.238. The van der Waals surface area contributed by atoms with Crippen LogP contribution in [0.2, 0.25) is 0 Å². The molecule has 2 aromatic carbocycles. The van der Waals surface area contributed by atoms with E-state index in [1.165, 1.54) is 49.6 Å². The highest BCUT2D eigenvalue weighted by Crippen LogP contribution is 2.41. The van der Waals surface area contributed by atoms with Crippen molar-refractivity contribution in [1.29, 1.82) is 0 Å². The number of sulfonamides is 1. The van der Waals surface area contributed by atoms with Gasteiger partial charge in [-0.1, -0.05) is 13.0 Å². The summed E-state index contributed by atoms with van der Waals surface area (Å²) < 4.78 is 122. The molecule has 3 aromatic rings. The minimum atomic E-state index is -5.10. The topological polar surface area (TPSA) is 73.8 Å². The van der Waals surface area contributed by atoms with Crippen molar-refractivity contribution in [2.75, 3.05) is 42.7 Å². The molecule has 0 saturated carbocycles. The maximum absolute atomic E-state index is 14.1. The summed E-state index contributed by atoms with van der Waals surface area (Å²) in [6.45, 7) is 6.92. The highest BCUT2D eigenvalue weighted by atomic mass is 32.2. The van der Waals surface area contributed by atoms with Gasteiger partial charge in [-0.3, -0.25) is 4.79 Å². The van der Waals surface area contributed by atoms with Gasteiger partial charge >= 0.3 is 12.4 Å². The second-order valence-electron chi connectivity index (χ2n) is 12.2. The first-order valence-corrected chi connectivity index (χ1v) is 16.5. The second kappa shape index (κ2) is 12.7. The fraction of sp³-hybridized carbons (Fsp3) is 0.438. The van der Waals surface area contributed by atoms with Crippen molar-refractivity contribution in [1.82, 2.24) is 9.29 Å². The molecule has 1 atom stereocenters. The maximum atomic E-state index is 14.1.